The Labute approximate surface area is 112 Å². The van der Waals surface area contributed by atoms with Crippen molar-refractivity contribution in [1.82, 2.24) is 4.90 Å². The van der Waals surface area contributed by atoms with E-state index in [9.17, 15) is 9.59 Å². The van der Waals surface area contributed by atoms with Crippen molar-refractivity contribution in [3.63, 3.8) is 0 Å². The van der Waals surface area contributed by atoms with Crippen molar-refractivity contribution in [2.24, 2.45) is 0 Å². The molecule has 6 heteroatoms. The van der Waals surface area contributed by atoms with Gasteiger partial charge < -0.3 is 14.7 Å². The van der Waals surface area contributed by atoms with Crippen molar-refractivity contribution >= 4 is 27.8 Å². The van der Waals surface area contributed by atoms with Gasteiger partial charge in [0, 0.05) is 11.0 Å². The van der Waals surface area contributed by atoms with Gasteiger partial charge >= 0.3 is 5.97 Å². The minimum absolute atomic E-state index is 0.0333. The lowest BCUT2D eigenvalue weighted by atomic mass is 10.1. The number of amides is 1. The number of halogens is 1. The maximum Gasteiger partial charge on any atom is 0.328 e. The van der Waals surface area contributed by atoms with Crippen molar-refractivity contribution in [3.8, 4) is 0 Å². The highest BCUT2D eigenvalue weighted by molar-refractivity contribution is 9.10. The lowest BCUT2D eigenvalue weighted by Gasteiger charge is -2.33. The molecule has 1 N–H and O–H groups in total. The van der Waals surface area contributed by atoms with E-state index in [1.807, 2.05) is 0 Å². The molecule has 1 aliphatic rings. The lowest BCUT2D eigenvalue weighted by molar-refractivity contribution is -0.147. The van der Waals surface area contributed by atoms with E-state index in [1.165, 1.54) is 4.90 Å². The van der Waals surface area contributed by atoms with Crippen LogP contribution in [-0.4, -0.2) is 47.7 Å². The third kappa shape index (κ3) is 2.54. The molecule has 0 saturated carbocycles. The zero-order valence-electron chi connectivity index (χ0n) is 9.51. The topological polar surface area (TPSA) is 66.8 Å². The summed E-state index contributed by atoms with van der Waals surface area (Å²) in [7, 11) is 0. The molecule has 1 saturated heterocycles. The van der Waals surface area contributed by atoms with Crippen molar-refractivity contribution in [2.75, 3.05) is 19.8 Å². The van der Waals surface area contributed by atoms with Crippen LogP contribution in [0.2, 0.25) is 0 Å². The normalized spacial score (nSPS) is 19.6. The van der Waals surface area contributed by atoms with E-state index in [1.54, 1.807) is 24.3 Å². The number of rotatable bonds is 2. The van der Waals surface area contributed by atoms with Crippen molar-refractivity contribution in [2.45, 2.75) is 6.04 Å². The van der Waals surface area contributed by atoms with Crippen LogP contribution >= 0.6 is 15.9 Å². The molecule has 1 aromatic rings. The van der Waals surface area contributed by atoms with E-state index in [-0.39, 0.29) is 19.1 Å². The Kier molecular flexibility index (Phi) is 3.98. The molecule has 0 bridgehead atoms. The highest BCUT2D eigenvalue weighted by atomic mass is 79.9. The van der Waals surface area contributed by atoms with Gasteiger partial charge in [-0.3, -0.25) is 4.79 Å². The number of carbonyl (C=O) groups is 2. The van der Waals surface area contributed by atoms with Crippen molar-refractivity contribution < 1.29 is 19.4 Å². The van der Waals surface area contributed by atoms with Crippen LogP contribution in [0, 0.1) is 0 Å². The number of benzene rings is 1. The standard InChI is InChI=1S/C12H12BrNO4/c13-9-4-2-1-3-8(9)11(15)14-5-6-18-7-10(14)12(16)17/h1-4,10H,5-7H2,(H,16,17)/t10-/m0/s1. The molecule has 1 amide bonds. The van der Waals surface area contributed by atoms with Crippen molar-refractivity contribution in [1.29, 1.82) is 0 Å². The van der Waals surface area contributed by atoms with Gasteiger partial charge in [-0.2, -0.15) is 0 Å². The van der Waals surface area contributed by atoms with Gasteiger partial charge in [0.2, 0.25) is 0 Å². The zero-order valence-corrected chi connectivity index (χ0v) is 11.1. The first-order chi connectivity index (χ1) is 8.61. The Bertz CT molecular complexity index is 477. The van der Waals surface area contributed by atoms with Crippen LogP contribution in [0.5, 0.6) is 0 Å². The summed E-state index contributed by atoms with van der Waals surface area (Å²) in [4.78, 5) is 24.8. The molecule has 18 heavy (non-hydrogen) atoms. The average molecular weight is 314 g/mol. The average Bonchev–Trinajstić information content (AvgIpc) is 2.38. The predicted molar refractivity (Wildman–Crippen MR) is 67.4 cm³/mol. The molecule has 1 heterocycles. The molecular formula is C12H12BrNO4. The molecule has 5 nitrogen and oxygen atoms in total. The molecule has 96 valence electrons. The highest BCUT2D eigenvalue weighted by Crippen LogP contribution is 2.20. The monoisotopic (exact) mass is 313 g/mol. The molecule has 1 aliphatic heterocycles. The summed E-state index contributed by atoms with van der Waals surface area (Å²) in [6.45, 7) is 0.683. The van der Waals surface area contributed by atoms with Crippen LogP contribution < -0.4 is 0 Å². The first-order valence-corrected chi connectivity index (χ1v) is 6.26. The summed E-state index contributed by atoms with van der Waals surface area (Å²) < 4.78 is 5.76. The van der Waals surface area contributed by atoms with Crippen molar-refractivity contribution in [3.05, 3.63) is 34.3 Å². The molecule has 1 aromatic carbocycles. The quantitative estimate of drug-likeness (QED) is 0.895. The van der Waals surface area contributed by atoms with Crippen LogP contribution in [-0.2, 0) is 9.53 Å². The van der Waals surface area contributed by atoms with Gasteiger partial charge in [-0.1, -0.05) is 12.1 Å². The summed E-state index contributed by atoms with van der Waals surface area (Å²) in [5.41, 5.74) is 0.464. The lowest BCUT2D eigenvalue weighted by Crippen LogP contribution is -2.52. The van der Waals surface area contributed by atoms with Crippen LogP contribution in [0.3, 0.4) is 0 Å². The molecule has 2 rings (SSSR count). The van der Waals surface area contributed by atoms with Gasteiger partial charge in [0.1, 0.15) is 0 Å². The van der Waals surface area contributed by atoms with Gasteiger partial charge in [-0.05, 0) is 28.1 Å². The third-order valence-electron chi connectivity index (χ3n) is 2.78. The predicted octanol–water partition coefficient (Wildman–Crippen LogP) is 1.37. The highest BCUT2D eigenvalue weighted by Gasteiger charge is 2.33. The number of morpholine rings is 1. The number of hydrogen-bond donors (Lipinski definition) is 1. The van der Waals surface area contributed by atoms with Gasteiger partial charge in [0.05, 0.1) is 18.8 Å². The molecule has 1 fully saturated rings. The number of aliphatic carboxylic acids is 1. The number of carboxylic acid groups (broad SMARTS) is 1. The van der Waals surface area contributed by atoms with E-state index < -0.39 is 12.0 Å². The molecule has 0 aromatic heterocycles. The summed E-state index contributed by atoms with van der Waals surface area (Å²) >= 11 is 3.29. The Balaban J connectivity index is 2.27. The van der Waals surface area contributed by atoms with Crippen LogP contribution in [0.1, 0.15) is 10.4 Å². The summed E-state index contributed by atoms with van der Waals surface area (Å²) in [5.74, 6) is -1.34. The number of hydrogen-bond acceptors (Lipinski definition) is 3. The minimum atomic E-state index is -1.05. The maximum atomic E-state index is 12.3. The van der Waals surface area contributed by atoms with E-state index >= 15 is 0 Å². The Morgan fingerprint density at radius 3 is 2.78 bits per heavy atom. The Hall–Kier alpha value is -1.40. The molecule has 0 unspecified atom stereocenters. The number of ether oxygens (including phenoxy) is 1. The molecule has 1 atom stereocenters. The fourth-order valence-electron chi connectivity index (χ4n) is 1.84. The largest absolute Gasteiger partial charge is 0.480 e. The van der Waals surface area contributed by atoms with Crippen LogP contribution in [0.15, 0.2) is 28.7 Å². The molecule has 0 spiro atoms. The van der Waals surface area contributed by atoms with Gasteiger partial charge in [0.25, 0.3) is 5.91 Å². The third-order valence-corrected chi connectivity index (χ3v) is 3.47. The maximum absolute atomic E-state index is 12.3. The van der Waals surface area contributed by atoms with E-state index in [4.69, 9.17) is 9.84 Å². The number of carboxylic acids is 1. The second-order valence-corrected chi connectivity index (χ2v) is 4.76. The Morgan fingerprint density at radius 2 is 2.11 bits per heavy atom. The smallest absolute Gasteiger partial charge is 0.328 e. The van der Waals surface area contributed by atoms with E-state index in [0.29, 0.717) is 16.6 Å². The molecular weight excluding hydrogens is 302 g/mol. The van der Waals surface area contributed by atoms with Gasteiger partial charge in [-0.25, -0.2) is 4.79 Å². The number of carbonyl (C=O) groups excluding carboxylic acids is 1. The summed E-state index contributed by atoms with van der Waals surface area (Å²) in [6.07, 6.45) is 0. The SMILES string of the molecule is O=C(O)[C@@H]1COCCN1C(=O)c1ccccc1Br. The van der Waals surface area contributed by atoms with Crippen LogP contribution in [0.25, 0.3) is 0 Å². The van der Waals surface area contributed by atoms with Gasteiger partial charge in [-0.15, -0.1) is 0 Å². The zero-order chi connectivity index (χ0) is 13.1. The fourth-order valence-corrected chi connectivity index (χ4v) is 2.30. The summed E-state index contributed by atoms with van der Waals surface area (Å²) in [5, 5.41) is 9.09. The first kappa shape index (κ1) is 13.0. The molecule has 0 aliphatic carbocycles. The second kappa shape index (κ2) is 5.49. The summed E-state index contributed by atoms with van der Waals surface area (Å²) in [6, 6.07) is 6.05. The first-order valence-electron chi connectivity index (χ1n) is 5.47. The van der Waals surface area contributed by atoms with E-state index in [0.717, 1.165) is 0 Å². The fraction of sp³-hybridized carbons (Fsp3) is 0.333. The Morgan fingerprint density at radius 1 is 1.39 bits per heavy atom. The minimum Gasteiger partial charge on any atom is -0.480 e. The second-order valence-electron chi connectivity index (χ2n) is 3.91. The van der Waals surface area contributed by atoms with E-state index in [2.05, 4.69) is 15.9 Å². The number of nitrogens with zero attached hydrogens (tertiary/aromatic N) is 1. The van der Waals surface area contributed by atoms with Gasteiger partial charge in [0.15, 0.2) is 6.04 Å². The van der Waals surface area contributed by atoms with Crippen LogP contribution in [0.4, 0.5) is 0 Å². The molecule has 0 radical (unpaired) electrons.